The fraction of sp³-hybridized carbons (Fsp3) is 0.833. The minimum absolute atomic E-state index is 0.840. The summed E-state index contributed by atoms with van der Waals surface area (Å²) < 4.78 is 16.4. The molecular formula is C12H22O3Si. The molecule has 3 nitrogen and oxygen atoms in total. The number of hydrogen-bond acceptors (Lipinski definition) is 3. The molecule has 0 amide bonds. The number of rotatable bonds is 6. The Kier molecular flexibility index (Phi) is 3.84. The highest BCUT2D eigenvalue weighted by molar-refractivity contribution is 6.60. The van der Waals surface area contributed by atoms with Crippen molar-refractivity contribution in [1.29, 1.82) is 0 Å². The highest BCUT2D eigenvalue weighted by Gasteiger charge is 2.41. The Morgan fingerprint density at radius 3 is 2.31 bits per heavy atom. The van der Waals surface area contributed by atoms with E-state index in [-0.39, 0.29) is 0 Å². The quantitative estimate of drug-likeness (QED) is 0.529. The molecule has 1 saturated carbocycles. The normalized spacial score (nSPS) is 28.6. The van der Waals surface area contributed by atoms with Gasteiger partial charge in [0.1, 0.15) is 0 Å². The van der Waals surface area contributed by atoms with Gasteiger partial charge >= 0.3 is 8.80 Å². The molecule has 0 saturated heterocycles. The summed E-state index contributed by atoms with van der Waals surface area (Å²) >= 11 is 0. The first kappa shape index (κ1) is 12.3. The molecule has 0 aromatic rings. The number of fused-ring (bicyclic) bond motifs is 2. The second-order valence-electron chi connectivity index (χ2n) is 4.86. The maximum Gasteiger partial charge on any atom is 0.500 e. The maximum atomic E-state index is 5.46. The lowest BCUT2D eigenvalue weighted by molar-refractivity contribution is 0.120. The molecule has 2 aliphatic carbocycles. The van der Waals surface area contributed by atoms with Crippen molar-refractivity contribution < 1.29 is 13.3 Å². The van der Waals surface area contributed by atoms with Crippen molar-refractivity contribution in [1.82, 2.24) is 0 Å². The smallest absolute Gasteiger partial charge is 0.377 e. The maximum absolute atomic E-state index is 5.46. The van der Waals surface area contributed by atoms with Gasteiger partial charge in [0.25, 0.3) is 0 Å². The van der Waals surface area contributed by atoms with Gasteiger partial charge in [-0.25, -0.2) is 0 Å². The summed E-state index contributed by atoms with van der Waals surface area (Å²) in [6, 6.07) is 0.949. The molecule has 2 rings (SSSR count). The van der Waals surface area contributed by atoms with E-state index in [1.54, 1.807) is 26.9 Å². The van der Waals surface area contributed by atoms with E-state index in [0.29, 0.717) is 0 Å². The first-order valence-corrected chi connectivity index (χ1v) is 7.99. The van der Waals surface area contributed by atoms with Crippen LogP contribution in [0.1, 0.15) is 25.7 Å². The van der Waals surface area contributed by atoms with Crippen LogP contribution in [0.25, 0.3) is 0 Å². The largest absolute Gasteiger partial charge is 0.500 e. The van der Waals surface area contributed by atoms with E-state index in [9.17, 15) is 0 Å². The summed E-state index contributed by atoms with van der Waals surface area (Å²) in [5.41, 5.74) is 1.68. The van der Waals surface area contributed by atoms with Crippen LogP contribution in [0.4, 0.5) is 0 Å². The molecule has 0 aromatic heterocycles. The van der Waals surface area contributed by atoms with Gasteiger partial charge in [0.05, 0.1) is 0 Å². The Balaban J connectivity index is 1.85. The third-order valence-electron chi connectivity index (χ3n) is 4.18. The van der Waals surface area contributed by atoms with Crippen molar-refractivity contribution in [2.24, 2.45) is 11.8 Å². The molecule has 0 N–H and O–H groups in total. The molecule has 0 spiro atoms. The lowest BCUT2D eigenvalue weighted by atomic mass is 9.90. The zero-order valence-electron chi connectivity index (χ0n) is 10.5. The van der Waals surface area contributed by atoms with Crippen LogP contribution < -0.4 is 0 Å². The molecule has 16 heavy (non-hydrogen) atoms. The van der Waals surface area contributed by atoms with Crippen molar-refractivity contribution >= 4 is 8.80 Å². The highest BCUT2D eigenvalue weighted by Crippen LogP contribution is 2.46. The molecule has 0 aliphatic heterocycles. The number of allylic oxidation sites excluding steroid dienone is 2. The summed E-state index contributed by atoms with van der Waals surface area (Å²) in [5, 5.41) is 0. The molecule has 2 aliphatic rings. The van der Waals surface area contributed by atoms with Crippen LogP contribution in [0.5, 0.6) is 0 Å². The van der Waals surface area contributed by atoms with Gasteiger partial charge in [-0.05, 0) is 37.5 Å². The Labute approximate surface area is 99.1 Å². The predicted molar refractivity (Wildman–Crippen MR) is 65.1 cm³/mol. The minimum atomic E-state index is -2.33. The van der Waals surface area contributed by atoms with Gasteiger partial charge in [-0.2, -0.15) is 0 Å². The van der Waals surface area contributed by atoms with Crippen molar-refractivity contribution in [3.63, 3.8) is 0 Å². The van der Waals surface area contributed by atoms with E-state index in [4.69, 9.17) is 13.3 Å². The van der Waals surface area contributed by atoms with Gasteiger partial charge < -0.3 is 13.3 Å². The topological polar surface area (TPSA) is 27.7 Å². The average Bonchev–Trinajstić information content (AvgIpc) is 2.93. The summed E-state index contributed by atoms with van der Waals surface area (Å²) in [6.07, 6.45) is 7.54. The van der Waals surface area contributed by atoms with Crippen LogP contribution in [0.3, 0.4) is 0 Å². The van der Waals surface area contributed by atoms with E-state index < -0.39 is 8.80 Å². The lowest BCUT2D eigenvalue weighted by Crippen LogP contribution is -2.43. The zero-order valence-corrected chi connectivity index (χ0v) is 11.5. The van der Waals surface area contributed by atoms with Crippen molar-refractivity contribution in [3.05, 3.63) is 11.6 Å². The van der Waals surface area contributed by atoms with Crippen LogP contribution in [0.2, 0.25) is 6.04 Å². The SMILES string of the molecule is CO[Si](CCC1CC2=CCC1C2)(OC)OC. The van der Waals surface area contributed by atoms with Crippen molar-refractivity contribution in [2.75, 3.05) is 21.3 Å². The molecule has 2 atom stereocenters. The van der Waals surface area contributed by atoms with Gasteiger partial charge in [0.2, 0.25) is 0 Å². The second kappa shape index (κ2) is 5.00. The highest BCUT2D eigenvalue weighted by atomic mass is 28.4. The summed E-state index contributed by atoms with van der Waals surface area (Å²) in [4.78, 5) is 0. The molecule has 0 aromatic carbocycles. The van der Waals surface area contributed by atoms with E-state index in [2.05, 4.69) is 6.08 Å². The van der Waals surface area contributed by atoms with Crippen LogP contribution in [0.15, 0.2) is 11.6 Å². The molecule has 2 bridgehead atoms. The summed E-state index contributed by atoms with van der Waals surface area (Å²) in [7, 11) is 2.76. The molecule has 1 fully saturated rings. The Bertz CT molecular complexity index is 265. The second-order valence-corrected chi connectivity index (χ2v) is 7.95. The Morgan fingerprint density at radius 2 is 1.88 bits per heavy atom. The third kappa shape index (κ3) is 2.25. The minimum Gasteiger partial charge on any atom is -0.377 e. The van der Waals surface area contributed by atoms with E-state index in [0.717, 1.165) is 17.9 Å². The fourth-order valence-electron chi connectivity index (χ4n) is 3.11. The molecule has 0 radical (unpaired) electrons. The summed E-state index contributed by atoms with van der Waals surface area (Å²) in [6.45, 7) is 0. The van der Waals surface area contributed by atoms with Crippen LogP contribution in [-0.2, 0) is 13.3 Å². The standard InChI is InChI=1S/C12H22O3Si/c1-13-16(14-2,15-3)7-6-12-9-10-4-5-11(12)8-10/h4,11-12H,5-9H2,1-3H3. The van der Waals surface area contributed by atoms with Crippen LogP contribution >= 0.6 is 0 Å². The molecule has 92 valence electrons. The first-order chi connectivity index (χ1) is 7.73. The van der Waals surface area contributed by atoms with Crippen LogP contribution in [-0.4, -0.2) is 30.1 Å². The van der Waals surface area contributed by atoms with Crippen molar-refractivity contribution in [2.45, 2.75) is 31.7 Å². The van der Waals surface area contributed by atoms with E-state index >= 15 is 0 Å². The fourth-order valence-corrected chi connectivity index (χ4v) is 4.94. The molecule has 2 unspecified atom stereocenters. The van der Waals surface area contributed by atoms with Gasteiger partial charge in [-0.15, -0.1) is 0 Å². The third-order valence-corrected chi connectivity index (χ3v) is 6.95. The lowest BCUT2D eigenvalue weighted by Gasteiger charge is -2.27. The van der Waals surface area contributed by atoms with Gasteiger partial charge in [0, 0.05) is 27.4 Å². The molecule has 4 heteroatoms. The van der Waals surface area contributed by atoms with Gasteiger partial charge in [0.15, 0.2) is 0 Å². The Morgan fingerprint density at radius 1 is 1.19 bits per heavy atom. The number of hydrogen-bond donors (Lipinski definition) is 0. The first-order valence-electron chi connectivity index (χ1n) is 6.06. The molecule has 0 heterocycles. The molecular weight excluding hydrogens is 220 g/mol. The van der Waals surface area contributed by atoms with Crippen LogP contribution in [0, 0.1) is 11.8 Å². The van der Waals surface area contributed by atoms with E-state index in [1.165, 1.54) is 25.7 Å². The van der Waals surface area contributed by atoms with E-state index in [1.807, 2.05) is 0 Å². The monoisotopic (exact) mass is 242 g/mol. The summed E-state index contributed by atoms with van der Waals surface area (Å²) in [5.74, 6) is 1.74. The average molecular weight is 242 g/mol. The Hall–Kier alpha value is -0.163. The van der Waals surface area contributed by atoms with Gasteiger partial charge in [-0.3, -0.25) is 0 Å². The predicted octanol–water partition coefficient (Wildman–Crippen LogP) is 2.61. The van der Waals surface area contributed by atoms with Gasteiger partial charge in [-0.1, -0.05) is 11.6 Å². The zero-order chi connectivity index (χ0) is 11.6. The van der Waals surface area contributed by atoms with Crippen molar-refractivity contribution in [3.8, 4) is 0 Å².